The van der Waals surface area contributed by atoms with Gasteiger partial charge in [0, 0.05) is 75.4 Å². The summed E-state index contributed by atoms with van der Waals surface area (Å²) in [7, 11) is 1.93. The minimum Gasteiger partial charge on any atom is -0.481 e. The van der Waals surface area contributed by atoms with Crippen LogP contribution in [0, 0.1) is 17.2 Å². The summed E-state index contributed by atoms with van der Waals surface area (Å²) in [6, 6.07) is -8.33. The van der Waals surface area contributed by atoms with Crippen LogP contribution < -0.4 is 97.4 Å². The van der Waals surface area contributed by atoms with Crippen LogP contribution in [0.15, 0.2) is 54.6 Å². The number of nitrogens with one attached hydrogen (secondary N) is 15. The third kappa shape index (κ3) is 35.6. The largest absolute Gasteiger partial charge is 0.481 e. The van der Waals surface area contributed by atoms with Gasteiger partial charge in [-0.3, -0.25) is 96.5 Å². The fourth-order valence-corrected chi connectivity index (χ4v) is 19.9. The van der Waals surface area contributed by atoms with Crippen LogP contribution in [0.3, 0.4) is 0 Å². The molecule has 44 nitrogen and oxygen atoms in total. The average molecular weight is 2020 g/mol. The summed E-state index contributed by atoms with van der Waals surface area (Å²) in [6.07, 6.45) is 1.14. The normalized spacial score (nSPS) is 23.9. The Bertz CT molecular complexity index is 4660. The summed E-state index contributed by atoms with van der Waals surface area (Å²) in [5.41, 5.74) is 22.2. The second-order valence-electron chi connectivity index (χ2n) is 37.3. The smallest absolute Gasteiger partial charge is 0.303 e. The summed E-state index contributed by atoms with van der Waals surface area (Å²) in [6.45, 7) is 11.9. The number of likely N-dealkylation sites (tertiary alicyclic amines) is 3. The van der Waals surface area contributed by atoms with Gasteiger partial charge in [-0.05, 0) is 184 Å². The number of fused-ring (bicyclic) bond motifs is 1. The molecular formula is C93H144ClN23O21S2. The highest BCUT2D eigenvalue weighted by molar-refractivity contribution is 8.76. The van der Waals surface area contributed by atoms with E-state index in [1.54, 1.807) is 82.3 Å². The van der Waals surface area contributed by atoms with Crippen molar-refractivity contribution in [2.24, 2.45) is 34.8 Å². The Morgan fingerprint density at radius 1 is 0.571 bits per heavy atom. The average Bonchev–Trinajstić information content (AvgIpc) is 1.64. The van der Waals surface area contributed by atoms with Gasteiger partial charge in [-0.25, -0.2) is 0 Å². The van der Waals surface area contributed by atoms with E-state index in [0.29, 0.717) is 49.7 Å². The molecule has 0 aliphatic carbocycles. The number of nitrogens with zero attached hydrogens (tertiary/aromatic N) is 4. The van der Waals surface area contributed by atoms with E-state index in [4.69, 9.17) is 39.9 Å². The van der Waals surface area contributed by atoms with Crippen LogP contribution in [0.25, 0.3) is 0 Å². The second kappa shape index (κ2) is 57.4. The highest BCUT2D eigenvalue weighted by Gasteiger charge is 2.48. The van der Waals surface area contributed by atoms with Gasteiger partial charge < -0.3 is 127 Å². The number of rotatable bonds is 38. The number of primary amides is 1. The molecule has 16 atom stereocenters. The molecular weight excluding hydrogens is 1870 g/mol. The maximum atomic E-state index is 15.7. The van der Waals surface area contributed by atoms with E-state index in [-0.39, 0.29) is 166 Å². The maximum Gasteiger partial charge on any atom is 0.303 e. The summed E-state index contributed by atoms with van der Waals surface area (Å²) in [5.74, 6) is -18.4. The van der Waals surface area contributed by atoms with Gasteiger partial charge >= 0.3 is 5.97 Å². The van der Waals surface area contributed by atoms with Crippen LogP contribution in [0.2, 0.25) is 5.02 Å². The molecule has 5 aliphatic rings. The molecule has 18 amide bonds. The van der Waals surface area contributed by atoms with Crippen molar-refractivity contribution in [3.05, 3.63) is 70.7 Å². The zero-order valence-electron chi connectivity index (χ0n) is 81.1. The highest BCUT2D eigenvalue weighted by Crippen LogP contribution is 2.30. The Balaban J connectivity index is 1.35. The number of hydrogen-bond donors (Lipinski definition) is 21. The number of benzene rings is 2. The van der Waals surface area contributed by atoms with Crippen LogP contribution in [0.4, 0.5) is 0 Å². The Kier molecular flexibility index (Phi) is 47.4. The van der Waals surface area contributed by atoms with Crippen molar-refractivity contribution in [1.82, 2.24) is 94.0 Å². The molecule has 0 bridgehead atoms. The molecule has 140 heavy (non-hydrogen) atoms. The number of carbonyl (C=O) groups is 19. The quantitative estimate of drug-likeness (QED) is 0.0149. The molecule has 2 unspecified atom stereocenters. The van der Waals surface area contributed by atoms with Gasteiger partial charge in [0.1, 0.15) is 102 Å². The SMILES string of the molecule is CCCC[C@@H]1NC(=O)[C@H](CCCN)NC(=O)[C@H](CCCNC(=N)N)NC(=O)[C@H](CC(C)C)NC(=O)C(NC(=O)[C@H](Cc2cccc(Cl)c2)NC(=O)[C@@H]2CCCN2C(=O)[C@@H](NC(C)=O)C(C)C)CCSSC[C@@H](C(=O)NC(CCCCN)C(=O)N2CCC[C@H]2C(=O)N2CCC[C@H]2C(=O)N[C@@H](CCC(=O)O)C(N)=O)NC(=O)[C@H](Cc2ccccc2)NC(=O)[C@H](CO)NC(=O)C(C)(C)NC(=O)[C@@H]2CCCN2C1=O. The third-order valence-corrected chi connectivity index (χ3v) is 27.7. The Hall–Kier alpha value is -11.5. The first kappa shape index (κ1) is 115. The first-order valence-electron chi connectivity index (χ1n) is 48.3. The number of carboxylic acids is 1. The van der Waals surface area contributed by atoms with E-state index >= 15 is 38.4 Å². The van der Waals surface area contributed by atoms with Crippen molar-refractivity contribution < 1.29 is 101 Å². The Morgan fingerprint density at radius 3 is 1.73 bits per heavy atom. The molecule has 5 fully saturated rings. The fraction of sp³-hybridized carbons (Fsp3) is 0.656. The monoisotopic (exact) mass is 2020 g/mol. The molecule has 2 aromatic carbocycles. The molecule has 25 N–H and O–H groups in total. The lowest BCUT2D eigenvalue weighted by molar-refractivity contribution is -0.148. The molecule has 47 heteroatoms. The number of carbonyl (C=O) groups excluding carboxylic acids is 18. The lowest BCUT2D eigenvalue weighted by atomic mass is 10.0. The van der Waals surface area contributed by atoms with Crippen molar-refractivity contribution in [2.45, 2.75) is 312 Å². The van der Waals surface area contributed by atoms with Crippen LogP contribution in [-0.4, -0.2) is 314 Å². The van der Waals surface area contributed by atoms with Crippen LogP contribution >= 0.6 is 33.2 Å². The third-order valence-electron chi connectivity index (χ3n) is 25.0. The number of nitrogens with two attached hydrogens (primary N) is 4. The summed E-state index contributed by atoms with van der Waals surface area (Å²) < 4.78 is 0. The predicted molar refractivity (Wildman–Crippen MR) is 522 cm³/mol. The van der Waals surface area contributed by atoms with Crippen molar-refractivity contribution >= 4 is 151 Å². The summed E-state index contributed by atoms with van der Waals surface area (Å²) in [5, 5.41) is 66.4. The van der Waals surface area contributed by atoms with E-state index in [1.807, 2.05) is 6.92 Å². The van der Waals surface area contributed by atoms with E-state index in [0.717, 1.165) is 21.6 Å². The van der Waals surface area contributed by atoms with E-state index in [1.165, 1.54) is 40.4 Å². The summed E-state index contributed by atoms with van der Waals surface area (Å²) in [4.78, 5) is 282. The number of guanidine groups is 1. The summed E-state index contributed by atoms with van der Waals surface area (Å²) >= 11 is 6.54. The van der Waals surface area contributed by atoms with Gasteiger partial charge in [0.05, 0.1) is 6.61 Å². The van der Waals surface area contributed by atoms with Crippen molar-refractivity contribution in [3.8, 4) is 0 Å². The zero-order chi connectivity index (χ0) is 103. The molecule has 2 aromatic rings. The lowest BCUT2D eigenvalue weighted by Gasteiger charge is -2.33. The van der Waals surface area contributed by atoms with E-state index < -0.39 is 251 Å². The molecule has 0 spiro atoms. The number of halogens is 1. The number of aliphatic hydroxyl groups excluding tert-OH is 1. The van der Waals surface area contributed by atoms with Gasteiger partial charge in [-0.2, -0.15) is 0 Å². The lowest BCUT2D eigenvalue weighted by Crippen LogP contribution is -2.63. The number of carboxylic acid groups (broad SMARTS) is 1. The number of hydrogen-bond acceptors (Lipinski definition) is 25. The van der Waals surface area contributed by atoms with Gasteiger partial charge in [0.25, 0.3) is 0 Å². The second-order valence-corrected chi connectivity index (χ2v) is 40.4. The minimum atomic E-state index is -1.92. The molecule has 7 rings (SSSR count). The molecule has 776 valence electrons. The van der Waals surface area contributed by atoms with E-state index in [2.05, 4.69) is 74.4 Å². The van der Waals surface area contributed by atoms with Crippen molar-refractivity contribution in [1.29, 1.82) is 5.41 Å². The molecule has 5 saturated heterocycles. The highest BCUT2D eigenvalue weighted by atomic mass is 35.5. The zero-order valence-corrected chi connectivity index (χ0v) is 83.5. The number of unbranched alkanes of at least 4 members (excludes halogenated alkanes) is 2. The van der Waals surface area contributed by atoms with Gasteiger partial charge in [0.2, 0.25) is 106 Å². The van der Waals surface area contributed by atoms with Crippen LogP contribution in [-0.2, 0) is 104 Å². The fourth-order valence-electron chi connectivity index (χ4n) is 17.4. The topological polar surface area (TPSA) is 674 Å². The van der Waals surface area contributed by atoms with Crippen LogP contribution in [0.5, 0.6) is 0 Å². The first-order chi connectivity index (χ1) is 66.5. The number of aliphatic carboxylic acids is 1. The standard InChI is InChI=1S/C93H144ClN23O21S2/c1-9-10-27-62-87(134)114-41-21-33-71(114)86(133)113-93(7,8)91(138)112-67(50-118)82(129)109-65(48-55-23-12-11-13-24-55)81(128)111-68(83(130)107-63(28-14-15-38-95)88(135)117-44-22-34-72(117)89(136)115-42-19-31-69(115)84(131)102-58(75(97)122)35-36-73(120)121)51-140-139-45-37-61(78(125)108-64(46-52(2)3)79(126)104-60(30-18-40-100-92(98)99)76(123)103-59(29-17-39-96)77(124)106-62)105-80(127)66(49-56-25-16-26-57(94)47-56)110-85(132)70-32-20-43-116(70)90(137)74(53(4)5)101-54(6)119/h11-13,16,23-26,47,52-53,58-72,74,118H,9-10,14-15,17-22,27-46,48-51,95-96H2,1-8H3,(H2,97,122)(H,101,119)(H,102,131)(H,103,123)(H,104,126)(H,105,127)(H,106,124)(H,107,130)(H,108,125)(H,109,129)(H,110,132)(H,111,128)(H,112,138)(H,113,133)(H,120,121)(H4,98,99,100)/t58-,59-,60-,61?,62-,63?,64-,65-,66-,67-,68-,69-,70-,71-,72-,74-/m0/s1. The van der Waals surface area contributed by atoms with Crippen molar-refractivity contribution in [3.63, 3.8) is 0 Å². The molecule has 0 saturated carbocycles. The number of aliphatic hydroxyl groups is 1. The molecule has 5 heterocycles. The van der Waals surface area contributed by atoms with Gasteiger partial charge in [-0.1, -0.05) is 123 Å². The molecule has 0 aromatic heterocycles. The Labute approximate surface area is 828 Å². The minimum absolute atomic E-state index is 0.00423. The van der Waals surface area contributed by atoms with E-state index in [9.17, 15) is 63.0 Å². The molecule has 5 aliphatic heterocycles. The van der Waals surface area contributed by atoms with Gasteiger partial charge in [0.15, 0.2) is 5.96 Å². The first-order valence-corrected chi connectivity index (χ1v) is 51.2. The van der Waals surface area contributed by atoms with Crippen molar-refractivity contribution in [2.75, 3.05) is 63.9 Å². The molecule has 0 radical (unpaired) electrons. The number of amides is 18. The van der Waals surface area contributed by atoms with Gasteiger partial charge in [-0.15, -0.1) is 0 Å². The predicted octanol–water partition coefficient (Wildman–Crippen LogP) is -2.03. The Morgan fingerprint density at radius 2 is 1.13 bits per heavy atom. The maximum absolute atomic E-state index is 15.7. The van der Waals surface area contributed by atoms with Crippen LogP contribution in [0.1, 0.15) is 208 Å².